The third-order valence-electron chi connectivity index (χ3n) is 3.42. The summed E-state index contributed by atoms with van der Waals surface area (Å²) in [6.45, 7) is 2.37. The first-order valence-electron chi connectivity index (χ1n) is 6.27. The van der Waals surface area contributed by atoms with Crippen LogP contribution in [0.4, 0.5) is 0 Å². The third-order valence-corrected chi connectivity index (χ3v) is 3.42. The minimum atomic E-state index is 0.208. The van der Waals surface area contributed by atoms with Gasteiger partial charge in [-0.1, -0.05) is 30.3 Å². The fourth-order valence-corrected chi connectivity index (χ4v) is 2.56. The van der Waals surface area contributed by atoms with Crippen LogP contribution in [0, 0.1) is 0 Å². The molecule has 18 heavy (non-hydrogen) atoms. The number of nitrogens with one attached hydrogen (secondary N) is 1. The smallest absolute Gasteiger partial charge is 0.124 e. The minimum absolute atomic E-state index is 0.208. The van der Waals surface area contributed by atoms with Crippen molar-refractivity contribution >= 4 is 10.8 Å². The van der Waals surface area contributed by atoms with E-state index in [0.717, 1.165) is 18.9 Å². The van der Waals surface area contributed by atoms with Gasteiger partial charge in [0.1, 0.15) is 5.75 Å². The Kier molecular flexibility index (Phi) is 3.17. The lowest BCUT2D eigenvalue weighted by atomic mass is 9.97. The maximum atomic E-state index is 5.57. The second-order valence-corrected chi connectivity index (χ2v) is 4.48. The lowest BCUT2D eigenvalue weighted by Crippen LogP contribution is -2.34. The molecule has 0 aromatic heterocycles. The second kappa shape index (κ2) is 4.96. The van der Waals surface area contributed by atoms with Gasteiger partial charge < -0.3 is 14.8 Å². The molecule has 2 aromatic carbocycles. The highest BCUT2D eigenvalue weighted by atomic mass is 16.5. The van der Waals surface area contributed by atoms with Crippen LogP contribution in [0.15, 0.2) is 36.4 Å². The molecule has 94 valence electrons. The summed E-state index contributed by atoms with van der Waals surface area (Å²) in [5, 5.41) is 5.97. The van der Waals surface area contributed by atoms with E-state index < -0.39 is 0 Å². The van der Waals surface area contributed by atoms with Gasteiger partial charge in [0.05, 0.1) is 26.4 Å². The van der Waals surface area contributed by atoms with Gasteiger partial charge in [0, 0.05) is 12.1 Å². The predicted octanol–water partition coefficient (Wildman–Crippen LogP) is 2.51. The van der Waals surface area contributed by atoms with Gasteiger partial charge in [-0.05, 0) is 16.8 Å². The predicted molar refractivity (Wildman–Crippen MR) is 72.1 cm³/mol. The Labute approximate surface area is 107 Å². The number of fused-ring (bicyclic) bond motifs is 1. The van der Waals surface area contributed by atoms with Crippen molar-refractivity contribution < 1.29 is 9.47 Å². The standard InChI is InChI=1S/C15H17NO2/c1-17-14-7-6-11-4-2-3-5-12(11)15(14)13-10-18-9-8-16-13/h2-7,13,16H,8-10H2,1H3/t13-/m0/s1. The maximum absolute atomic E-state index is 5.57. The van der Waals surface area contributed by atoms with Gasteiger partial charge >= 0.3 is 0 Å². The van der Waals surface area contributed by atoms with Crippen LogP contribution in [0.1, 0.15) is 11.6 Å². The fourth-order valence-electron chi connectivity index (χ4n) is 2.56. The van der Waals surface area contributed by atoms with Gasteiger partial charge in [-0.3, -0.25) is 0 Å². The van der Waals surface area contributed by atoms with E-state index in [1.165, 1.54) is 16.3 Å². The van der Waals surface area contributed by atoms with Gasteiger partial charge in [0.15, 0.2) is 0 Å². The zero-order chi connectivity index (χ0) is 12.4. The van der Waals surface area contributed by atoms with Gasteiger partial charge in [0.25, 0.3) is 0 Å². The first-order chi connectivity index (χ1) is 8.90. The first kappa shape index (κ1) is 11.5. The molecule has 1 aliphatic heterocycles. The van der Waals surface area contributed by atoms with Crippen molar-refractivity contribution in [2.24, 2.45) is 0 Å². The molecule has 0 amide bonds. The zero-order valence-corrected chi connectivity index (χ0v) is 10.5. The maximum Gasteiger partial charge on any atom is 0.124 e. The van der Waals surface area contributed by atoms with E-state index in [2.05, 4.69) is 35.6 Å². The van der Waals surface area contributed by atoms with Gasteiger partial charge in [0.2, 0.25) is 0 Å². The number of ether oxygens (including phenoxy) is 2. The Morgan fingerprint density at radius 3 is 2.89 bits per heavy atom. The summed E-state index contributed by atoms with van der Waals surface area (Å²) in [6.07, 6.45) is 0. The first-order valence-corrected chi connectivity index (χ1v) is 6.27. The van der Waals surface area contributed by atoms with Crippen LogP contribution in [0.2, 0.25) is 0 Å². The Hall–Kier alpha value is -1.58. The van der Waals surface area contributed by atoms with E-state index in [1.807, 2.05) is 6.07 Å². The summed E-state index contributed by atoms with van der Waals surface area (Å²) in [4.78, 5) is 0. The largest absolute Gasteiger partial charge is 0.496 e. The number of hydrogen-bond acceptors (Lipinski definition) is 3. The third kappa shape index (κ3) is 1.96. The van der Waals surface area contributed by atoms with Gasteiger partial charge in [-0.25, -0.2) is 0 Å². The second-order valence-electron chi connectivity index (χ2n) is 4.48. The molecule has 0 aliphatic carbocycles. The van der Waals surface area contributed by atoms with Crippen molar-refractivity contribution in [3.8, 4) is 5.75 Å². The van der Waals surface area contributed by atoms with Crippen LogP contribution in [0.3, 0.4) is 0 Å². The van der Waals surface area contributed by atoms with Gasteiger partial charge in [-0.15, -0.1) is 0 Å². The molecule has 0 bridgehead atoms. The zero-order valence-electron chi connectivity index (χ0n) is 10.5. The van der Waals surface area contributed by atoms with Crippen molar-refractivity contribution in [2.45, 2.75) is 6.04 Å². The molecule has 1 saturated heterocycles. The average molecular weight is 243 g/mol. The Bertz CT molecular complexity index is 547. The molecule has 1 heterocycles. The van der Waals surface area contributed by atoms with E-state index in [9.17, 15) is 0 Å². The molecule has 2 aromatic rings. The molecule has 1 fully saturated rings. The summed E-state index contributed by atoms with van der Waals surface area (Å²) in [5.74, 6) is 0.928. The van der Waals surface area contributed by atoms with Crippen molar-refractivity contribution in [1.29, 1.82) is 0 Å². The highest BCUT2D eigenvalue weighted by Crippen LogP contribution is 2.33. The van der Waals surface area contributed by atoms with Crippen molar-refractivity contribution in [3.63, 3.8) is 0 Å². The van der Waals surface area contributed by atoms with E-state index in [-0.39, 0.29) is 6.04 Å². The monoisotopic (exact) mass is 243 g/mol. The molecule has 0 spiro atoms. The highest BCUT2D eigenvalue weighted by Gasteiger charge is 2.21. The van der Waals surface area contributed by atoms with E-state index in [0.29, 0.717) is 6.61 Å². The molecule has 1 aliphatic rings. The van der Waals surface area contributed by atoms with E-state index in [1.54, 1.807) is 7.11 Å². The molecule has 0 radical (unpaired) electrons. The number of morpholine rings is 1. The van der Waals surface area contributed by atoms with Crippen LogP contribution in [0.5, 0.6) is 5.75 Å². The van der Waals surface area contributed by atoms with Crippen LogP contribution < -0.4 is 10.1 Å². The summed E-state index contributed by atoms with van der Waals surface area (Å²) in [5.41, 5.74) is 1.20. The molecule has 1 atom stereocenters. The lowest BCUT2D eigenvalue weighted by molar-refractivity contribution is 0.0765. The Morgan fingerprint density at radius 1 is 1.22 bits per heavy atom. The van der Waals surface area contributed by atoms with Crippen LogP contribution in [0.25, 0.3) is 10.8 Å². The number of hydrogen-bond donors (Lipinski definition) is 1. The van der Waals surface area contributed by atoms with Gasteiger partial charge in [-0.2, -0.15) is 0 Å². The summed E-state index contributed by atoms with van der Waals surface area (Å²) in [6, 6.07) is 12.7. The van der Waals surface area contributed by atoms with Crippen LogP contribution in [-0.4, -0.2) is 26.9 Å². The minimum Gasteiger partial charge on any atom is -0.496 e. The topological polar surface area (TPSA) is 30.5 Å². The average Bonchev–Trinajstić information content (AvgIpc) is 2.47. The quantitative estimate of drug-likeness (QED) is 0.879. The Balaban J connectivity index is 2.16. The molecule has 1 N–H and O–H groups in total. The summed E-state index contributed by atoms with van der Waals surface area (Å²) < 4.78 is 11.1. The summed E-state index contributed by atoms with van der Waals surface area (Å²) >= 11 is 0. The number of methoxy groups -OCH3 is 1. The lowest BCUT2D eigenvalue weighted by Gasteiger charge is -2.26. The molecule has 3 rings (SSSR count). The normalized spacial score (nSPS) is 19.9. The SMILES string of the molecule is COc1ccc2ccccc2c1[C@@H]1COCCN1. The number of benzene rings is 2. The van der Waals surface area contributed by atoms with Crippen LogP contribution >= 0.6 is 0 Å². The highest BCUT2D eigenvalue weighted by molar-refractivity contribution is 5.88. The van der Waals surface area contributed by atoms with Crippen molar-refractivity contribution in [3.05, 3.63) is 42.0 Å². The van der Waals surface area contributed by atoms with Crippen molar-refractivity contribution in [1.82, 2.24) is 5.32 Å². The van der Waals surface area contributed by atoms with E-state index >= 15 is 0 Å². The molecular weight excluding hydrogens is 226 g/mol. The molecule has 0 saturated carbocycles. The van der Waals surface area contributed by atoms with E-state index in [4.69, 9.17) is 9.47 Å². The molecule has 3 heteroatoms. The van der Waals surface area contributed by atoms with Crippen molar-refractivity contribution in [2.75, 3.05) is 26.9 Å². The van der Waals surface area contributed by atoms with Crippen LogP contribution in [-0.2, 0) is 4.74 Å². The molecular formula is C15H17NO2. The molecule has 0 unspecified atom stereocenters. The molecule has 3 nitrogen and oxygen atoms in total. The Morgan fingerprint density at radius 2 is 2.11 bits per heavy atom. The summed E-state index contributed by atoms with van der Waals surface area (Å²) in [7, 11) is 1.72. The number of rotatable bonds is 2. The fraction of sp³-hybridized carbons (Fsp3) is 0.333.